The molecule has 0 fully saturated rings. The molecule has 0 amide bonds. The van der Waals surface area contributed by atoms with E-state index in [0.29, 0.717) is 22.6 Å². The van der Waals surface area contributed by atoms with E-state index in [1.807, 2.05) is 0 Å². The van der Waals surface area contributed by atoms with Crippen molar-refractivity contribution in [2.45, 2.75) is 13.5 Å². The Labute approximate surface area is 154 Å². The maximum absolute atomic E-state index is 12.1. The van der Waals surface area contributed by atoms with Crippen LogP contribution in [0.15, 0.2) is 36.4 Å². The van der Waals surface area contributed by atoms with Gasteiger partial charge in [-0.1, -0.05) is 6.07 Å². The molecule has 1 aliphatic rings. The first-order valence-electron chi connectivity index (χ1n) is 7.91. The number of aliphatic hydroxyl groups is 1. The number of aromatic hydroxyl groups is 1. The predicted octanol–water partition coefficient (Wildman–Crippen LogP) is 2.16. The van der Waals surface area contributed by atoms with E-state index in [-0.39, 0.29) is 30.6 Å². The number of fused-ring (bicyclic) bond motifs is 1. The molecule has 27 heavy (non-hydrogen) atoms. The Kier molecular flexibility index (Phi) is 5.28. The van der Waals surface area contributed by atoms with Gasteiger partial charge in [0.2, 0.25) is 6.79 Å². The van der Waals surface area contributed by atoms with Crippen molar-refractivity contribution in [3.8, 4) is 28.7 Å². The molecule has 0 spiro atoms. The maximum Gasteiger partial charge on any atom is 0.336 e. The van der Waals surface area contributed by atoms with E-state index in [9.17, 15) is 14.7 Å². The number of phenols is 1. The number of aliphatic hydroxyl groups excluding tert-OH is 1. The SMILES string of the molecule is CC(=O)Oc1cc2c(cc1OC(=O)/C=C/c1ccc(O)c(CO)c1)OCO2. The third-order valence-corrected chi connectivity index (χ3v) is 3.59. The van der Waals surface area contributed by atoms with Crippen molar-refractivity contribution in [1.82, 2.24) is 0 Å². The highest BCUT2D eigenvalue weighted by Crippen LogP contribution is 2.42. The molecule has 0 radical (unpaired) electrons. The molecule has 2 aromatic carbocycles. The van der Waals surface area contributed by atoms with Crippen LogP contribution in [-0.2, 0) is 16.2 Å². The Morgan fingerprint density at radius 3 is 2.41 bits per heavy atom. The number of ether oxygens (including phenoxy) is 4. The third kappa shape index (κ3) is 4.36. The number of rotatable bonds is 5. The summed E-state index contributed by atoms with van der Waals surface area (Å²) in [5, 5.41) is 18.7. The lowest BCUT2D eigenvalue weighted by molar-refractivity contribution is -0.133. The number of hydrogen-bond acceptors (Lipinski definition) is 8. The van der Waals surface area contributed by atoms with Gasteiger partial charge in [0.15, 0.2) is 23.0 Å². The van der Waals surface area contributed by atoms with Crippen LogP contribution in [-0.4, -0.2) is 28.9 Å². The Hall–Kier alpha value is -3.52. The highest BCUT2D eigenvalue weighted by Gasteiger charge is 2.21. The van der Waals surface area contributed by atoms with Crippen molar-refractivity contribution < 1.29 is 38.7 Å². The van der Waals surface area contributed by atoms with Crippen LogP contribution in [0.25, 0.3) is 6.08 Å². The predicted molar refractivity (Wildman–Crippen MR) is 92.6 cm³/mol. The van der Waals surface area contributed by atoms with Gasteiger partial charge in [0.25, 0.3) is 0 Å². The summed E-state index contributed by atoms with van der Waals surface area (Å²) in [6.45, 7) is 0.904. The van der Waals surface area contributed by atoms with Crippen LogP contribution in [0.4, 0.5) is 0 Å². The van der Waals surface area contributed by atoms with Crippen LogP contribution in [0.2, 0.25) is 0 Å². The molecule has 2 aromatic rings. The molecule has 3 rings (SSSR count). The van der Waals surface area contributed by atoms with E-state index in [0.717, 1.165) is 6.08 Å². The molecule has 1 aliphatic heterocycles. The van der Waals surface area contributed by atoms with Gasteiger partial charge in [-0.25, -0.2) is 4.79 Å². The van der Waals surface area contributed by atoms with Gasteiger partial charge in [0.1, 0.15) is 5.75 Å². The molecule has 1 heterocycles. The summed E-state index contributed by atoms with van der Waals surface area (Å²) in [6, 6.07) is 7.32. The molecule has 0 aliphatic carbocycles. The van der Waals surface area contributed by atoms with Gasteiger partial charge in [-0.15, -0.1) is 0 Å². The topological polar surface area (TPSA) is 112 Å². The van der Waals surface area contributed by atoms with E-state index in [2.05, 4.69) is 0 Å². The standard InChI is InChI=1S/C19H16O8/c1-11(21)26-17-7-15-16(25-10-24-15)8-18(17)27-19(23)5-3-12-2-4-14(22)13(6-12)9-20/h2-8,20,22H,9-10H2,1H3/b5-3+. The Morgan fingerprint density at radius 2 is 1.78 bits per heavy atom. The quantitative estimate of drug-likeness (QED) is 0.467. The zero-order chi connectivity index (χ0) is 19.4. The molecular weight excluding hydrogens is 356 g/mol. The number of benzene rings is 2. The van der Waals surface area contributed by atoms with E-state index in [1.54, 1.807) is 6.07 Å². The molecule has 8 nitrogen and oxygen atoms in total. The van der Waals surface area contributed by atoms with Crippen LogP contribution < -0.4 is 18.9 Å². The molecule has 0 bridgehead atoms. The highest BCUT2D eigenvalue weighted by molar-refractivity contribution is 5.89. The fraction of sp³-hybridized carbons (Fsp3) is 0.158. The van der Waals surface area contributed by atoms with E-state index in [1.165, 1.54) is 37.3 Å². The smallest absolute Gasteiger partial charge is 0.336 e. The molecule has 0 atom stereocenters. The minimum atomic E-state index is -0.721. The Balaban J connectivity index is 1.78. The minimum Gasteiger partial charge on any atom is -0.508 e. The normalized spacial score (nSPS) is 12.2. The summed E-state index contributed by atoms with van der Waals surface area (Å²) in [4.78, 5) is 23.4. The van der Waals surface area contributed by atoms with E-state index < -0.39 is 11.9 Å². The second-order valence-electron chi connectivity index (χ2n) is 5.55. The summed E-state index contributed by atoms with van der Waals surface area (Å²) in [5.41, 5.74) is 0.915. The molecule has 0 aromatic heterocycles. The first-order valence-corrected chi connectivity index (χ1v) is 7.91. The molecule has 2 N–H and O–H groups in total. The van der Waals surface area contributed by atoms with Crippen LogP contribution in [0.5, 0.6) is 28.7 Å². The minimum absolute atomic E-state index is 0.00542. The van der Waals surface area contributed by atoms with Crippen molar-refractivity contribution in [3.05, 3.63) is 47.5 Å². The molecular formula is C19H16O8. The zero-order valence-electron chi connectivity index (χ0n) is 14.3. The van der Waals surface area contributed by atoms with Gasteiger partial charge in [-0.2, -0.15) is 0 Å². The van der Waals surface area contributed by atoms with Crippen molar-refractivity contribution in [2.24, 2.45) is 0 Å². The summed E-state index contributed by atoms with van der Waals surface area (Å²) in [7, 11) is 0. The van der Waals surface area contributed by atoms with E-state index in [4.69, 9.17) is 24.1 Å². The number of carbonyl (C=O) groups is 2. The van der Waals surface area contributed by atoms with Crippen molar-refractivity contribution in [1.29, 1.82) is 0 Å². The summed E-state index contributed by atoms with van der Waals surface area (Å²) in [6.07, 6.45) is 2.62. The monoisotopic (exact) mass is 372 g/mol. The summed E-state index contributed by atoms with van der Waals surface area (Å²) < 4.78 is 20.7. The molecule has 0 saturated carbocycles. The fourth-order valence-electron chi connectivity index (χ4n) is 2.36. The molecule has 140 valence electrons. The first kappa shape index (κ1) is 18.3. The fourth-order valence-corrected chi connectivity index (χ4v) is 2.36. The lowest BCUT2D eigenvalue weighted by Crippen LogP contribution is -2.08. The van der Waals surface area contributed by atoms with Crippen molar-refractivity contribution in [3.63, 3.8) is 0 Å². The zero-order valence-corrected chi connectivity index (χ0v) is 14.3. The van der Waals surface area contributed by atoms with Gasteiger partial charge in [-0.05, 0) is 23.8 Å². The molecule has 0 unspecified atom stereocenters. The maximum atomic E-state index is 12.1. The lowest BCUT2D eigenvalue weighted by Gasteiger charge is -2.09. The molecule has 8 heteroatoms. The Bertz CT molecular complexity index is 916. The second-order valence-corrected chi connectivity index (χ2v) is 5.55. The molecule has 0 saturated heterocycles. The van der Waals surface area contributed by atoms with Gasteiger partial charge in [-0.3, -0.25) is 4.79 Å². The lowest BCUT2D eigenvalue weighted by atomic mass is 10.1. The van der Waals surface area contributed by atoms with Gasteiger partial charge >= 0.3 is 11.9 Å². The number of esters is 2. The van der Waals surface area contributed by atoms with Crippen LogP contribution in [0.1, 0.15) is 18.1 Å². The average molecular weight is 372 g/mol. The Morgan fingerprint density at radius 1 is 1.11 bits per heavy atom. The second kappa shape index (κ2) is 7.79. The van der Waals surface area contributed by atoms with Crippen molar-refractivity contribution in [2.75, 3.05) is 6.79 Å². The first-order chi connectivity index (χ1) is 13.0. The van der Waals surface area contributed by atoms with Gasteiger partial charge in [0.05, 0.1) is 6.61 Å². The number of carbonyl (C=O) groups excluding carboxylic acids is 2. The van der Waals surface area contributed by atoms with E-state index >= 15 is 0 Å². The van der Waals surface area contributed by atoms with Crippen LogP contribution in [0.3, 0.4) is 0 Å². The number of hydrogen-bond donors (Lipinski definition) is 2. The third-order valence-electron chi connectivity index (χ3n) is 3.59. The van der Waals surface area contributed by atoms with Crippen molar-refractivity contribution >= 4 is 18.0 Å². The summed E-state index contributed by atoms with van der Waals surface area (Å²) in [5.74, 6) is -0.565. The summed E-state index contributed by atoms with van der Waals surface area (Å²) >= 11 is 0. The van der Waals surface area contributed by atoms with Crippen LogP contribution in [0, 0.1) is 0 Å². The highest BCUT2D eigenvalue weighted by atomic mass is 16.7. The average Bonchev–Trinajstić information content (AvgIpc) is 3.08. The van der Waals surface area contributed by atoms with Gasteiger partial charge in [0, 0.05) is 30.7 Å². The van der Waals surface area contributed by atoms with Gasteiger partial charge < -0.3 is 29.2 Å². The largest absolute Gasteiger partial charge is 0.508 e. The van der Waals surface area contributed by atoms with Crippen LogP contribution >= 0.6 is 0 Å².